The molecule has 0 saturated carbocycles. The van der Waals surface area contributed by atoms with Gasteiger partial charge in [0.1, 0.15) is 11.3 Å². The van der Waals surface area contributed by atoms with Gasteiger partial charge in [-0.15, -0.1) is 0 Å². The van der Waals surface area contributed by atoms with Crippen LogP contribution in [0.25, 0.3) is 11.0 Å². The number of fused-ring (bicyclic) bond motifs is 1. The Labute approximate surface area is 84.8 Å². The van der Waals surface area contributed by atoms with E-state index >= 15 is 0 Å². The number of hydrogen-bond acceptors (Lipinski definition) is 4. The fraction of sp³-hybridized carbons (Fsp3) is 0.0909. The molecule has 76 valence electrons. The van der Waals surface area contributed by atoms with E-state index in [-0.39, 0.29) is 17.1 Å². The third kappa shape index (κ3) is 1.61. The molecule has 0 unspecified atom stereocenters. The molecule has 4 heteroatoms. The Kier molecular flexibility index (Phi) is 2.04. The number of phenols is 1. The SMILES string of the molecule is CC(=O)c1cc(=O)oc2cc(O)ccc12. The summed E-state index contributed by atoms with van der Waals surface area (Å²) >= 11 is 0. The normalized spacial score (nSPS) is 10.5. The van der Waals surface area contributed by atoms with Crippen molar-refractivity contribution in [1.29, 1.82) is 0 Å². The quantitative estimate of drug-likeness (QED) is 0.567. The van der Waals surface area contributed by atoms with Crippen LogP contribution < -0.4 is 5.63 Å². The molecule has 0 fully saturated rings. The second-order valence-corrected chi connectivity index (χ2v) is 3.22. The van der Waals surface area contributed by atoms with Crippen molar-refractivity contribution in [3.8, 4) is 5.75 Å². The molecule has 15 heavy (non-hydrogen) atoms. The molecule has 1 aromatic heterocycles. The van der Waals surface area contributed by atoms with E-state index in [1.165, 1.54) is 19.1 Å². The Hall–Kier alpha value is -2.10. The van der Waals surface area contributed by atoms with Crippen molar-refractivity contribution in [2.24, 2.45) is 0 Å². The highest BCUT2D eigenvalue weighted by Crippen LogP contribution is 2.21. The van der Waals surface area contributed by atoms with Gasteiger partial charge in [0.15, 0.2) is 5.78 Å². The second kappa shape index (κ2) is 3.24. The first kappa shape index (κ1) is 9.45. The average molecular weight is 204 g/mol. The minimum atomic E-state index is -0.599. The van der Waals surface area contributed by atoms with Gasteiger partial charge in [0.25, 0.3) is 0 Å². The Morgan fingerprint density at radius 1 is 1.33 bits per heavy atom. The van der Waals surface area contributed by atoms with E-state index in [4.69, 9.17) is 4.42 Å². The van der Waals surface area contributed by atoms with Crippen LogP contribution in [0.4, 0.5) is 0 Å². The predicted molar refractivity (Wildman–Crippen MR) is 54.2 cm³/mol. The number of carbonyl (C=O) groups excluding carboxylic acids is 1. The number of Topliss-reactive ketones (excluding diaryl/α,β-unsaturated/α-hetero) is 1. The third-order valence-corrected chi connectivity index (χ3v) is 2.11. The highest BCUT2D eigenvalue weighted by Gasteiger charge is 2.09. The summed E-state index contributed by atoms with van der Waals surface area (Å²) in [6, 6.07) is 5.45. The van der Waals surface area contributed by atoms with Gasteiger partial charge in [-0.05, 0) is 19.1 Å². The first-order chi connectivity index (χ1) is 7.08. The summed E-state index contributed by atoms with van der Waals surface area (Å²) in [5, 5.41) is 9.73. The number of ketones is 1. The zero-order chi connectivity index (χ0) is 11.0. The van der Waals surface area contributed by atoms with Crippen LogP contribution in [0.3, 0.4) is 0 Å². The number of carbonyl (C=O) groups is 1. The Bertz CT molecular complexity index is 595. The highest BCUT2D eigenvalue weighted by atomic mass is 16.4. The maximum Gasteiger partial charge on any atom is 0.336 e. The van der Waals surface area contributed by atoms with Crippen molar-refractivity contribution >= 4 is 16.8 Å². The van der Waals surface area contributed by atoms with Gasteiger partial charge in [-0.2, -0.15) is 0 Å². The van der Waals surface area contributed by atoms with Gasteiger partial charge in [-0.25, -0.2) is 4.79 Å². The zero-order valence-corrected chi connectivity index (χ0v) is 7.98. The van der Waals surface area contributed by atoms with E-state index in [0.717, 1.165) is 6.07 Å². The third-order valence-electron chi connectivity index (χ3n) is 2.11. The smallest absolute Gasteiger partial charge is 0.336 e. The van der Waals surface area contributed by atoms with Gasteiger partial charge < -0.3 is 9.52 Å². The van der Waals surface area contributed by atoms with Gasteiger partial charge in [0.05, 0.1) is 0 Å². The van der Waals surface area contributed by atoms with Crippen LogP contribution in [0.5, 0.6) is 5.75 Å². The molecule has 0 atom stereocenters. The lowest BCUT2D eigenvalue weighted by atomic mass is 10.1. The van der Waals surface area contributed by atoms with E-state index in [1.54, 1.807) is 6.07 Å². The lowest BCUT2D eigenvalue weighted by Crippen LogP contribution is -2.03. The molecular formula is C11H8O4. The van der Waals surface area contributed by atoms with Gasteiger partial charge in [0.2, 0.25) is 0 Å². The maximum absolute atomic E-state index is 11.3. The number of phenolic OH excluding ortho intramolecular Hbond substituents is 1. The number of hydrogen-bond donors (Lipinski definition) is 1. The first-order valence-corrected chi connectivity index (χ1v) is 4.36. The van der Waals surface area contributed by atoms with Crippen molar-refractivity contribution in [2.75, 3.05) is 0 Å². The van der Waals surface area contributed by atoms with Crippen LogP contribution >= 0.6 is 0 Å². The fourth-order valence-electron chi connectivity index (χ4n) is 1.44. The number of aromatic hydroxyl groups is 1. The lowest BCUT2D eigenvalue weighted by molar-refractivity contribution is 0.101. The lowest BCUT2D eigenvalue weighted by Gasteiger charge is -2.01. The van der Waals surface area contributed by atoms with Crippen molar-refractivity contribution < 1.29 is 14.3 Å². The van der Waals surface area contributed by atoms with Crippen molar-refractivity contribution in [3.63, 3.8) is 0 Å². The monoisotopic (exact) mass is 204 g/mol. The second-order valence-electron chi connectivity index (χ2n) is 3.22. The van der Waals surface area contributed by atoms with E-state index in [0.29, 0.717) is 10.9 Å². The molecular weight excluding hydrogens is 196 g/mol. The van der Waals surface area contributed by atoms with Crippen LogP contribution in [0, 0.1) is 0 Å². The van der Waals surface area contributed by atoms with E-state index in [1.807, 2.05) is 0 Å². The zero-order valence-electron chi connectivity index (χ0n) is 7.98. The van der Waals surface area contributed by atoms with E-state index in [2.05, 4.69) is 0 Å². The molecule has 0 aliphatic heterocycles. The molecule has 0 aliphatic rings. The van der Waals surface area contributed by atoms with Crippen molar-refractivity contribution in [1.82, 2.24) is 0 Å². The molecule has 2 rings (SSSR count). The molecule has 0 radical (unpaired) electrons. The molecule has 0 spiro atoms. The topological polar surface area (TPSA) is 67.5 Å². The van der Waals surface area contributed by atoms with Crippen molar-refractivity contribution in [2.45, 2.75) is 6.92 Å². The summed E-state index contributed by atoms with van der Waals surface area (Å²) in [6.45, 7) is 1.38. The van der Waals surface area contributed by atoms with E-state index < -0.39 is 5.63 Å². The summed E-state index contributed by atoms with van der Waals surface area (Å²) in [5.41, 5.74) is -0.0766. The summed E-state index contributed by atoms with van der Waals surface area (Å²) in [6.07, 6.45) is 0. The highest BCUT2D eigenvalue weighted by molar-refractivity contribution is 6.05. The maximum atomic E-state index is 11.3. The summed E-state index contributed by atoms with van der Waals surface area (Å²) in [5.74, 6) is -0.218. The molecule has 0 aliphatic carbocycles. The summed E-state index contributed by atoms with van der Waals surface area (Å²) < 4.78 is 4.87. The molecule has 0 bridgehead atoms. The van der Waals surface area contributed by atoms with Gasteiger partial charge >= 0.3 is 5.63 Å². The molecule has 1 aromatic carbocycles. The van der Waals surface area contributed by atoms with Gasteiger partial charge in [-0.1, -0.05) is 0 Å². The molecule has 2 aromatic rings. The largest absolute Gasteiger partial charge is 0.508 e. The van der Waals surface area contributed by atoms with Gasteiger partial charge in [0, 0.05) is 23.1 Å². The number of benzene rings is 1. The van der Waals surface area contributed by atoms with Crippen LogP contribution in [0.1, 0.15) is 17.3 Å². The Morgan fingerprint density at radius 3 is 2.73 bits per heavy atom. The van der Waals surface area contributed by atoms with Gasteiger partial charge in [-0.3, -0.25) is 4.79 Å². The minimum absolute atomic E-state index is 0.00801. The average Bonchev–Trinajstić information content (AvgIpc) is 2.15. The molecule has 4 nitrogen and oxygen atoms in total. The first-order valence-electron chi connectivity index (χ1n) is 4.36. The number of rotatable bonds is 1. The predicted octanol–water partition coefficient (Wildman–Crippen LogP) is 1.70. The molecule has 1 heterocycles. The fourth-order valence-corrected chi connectivity index (χ4v) is 1.44. The van der Waals surface area contributed by atoms with Crippen LogP contribution in [-0.2, 0) is 0 Å². The molecule has 0 saturated heterocycles. The minimum Gasteiger partial charge on any atom is -0.508 e. The van der Waals surface area contributed by atoms with E-state index in [9.17, 15) is 14.7 Å². The molecule has 0 amide bonds. The van der Waals surface area contributed by atoms with Crippen molar-refractivity contribution in [3.05, 3.63) is 40.2 Å². The Morgan fingerprint density at radius 2 is 2.07 bits per heavy atom. The van der Waals surface area contributed by atoms with Crippen LogP contribution in [0.15, 0.2) is 33.5 Å². The Balaban J connectivity index is 2.92. The van der Waals surface area contributed by atoms with Crippen LogP contribution in [0.2, 0.25) is 0 Å². The molecule has 1 N–H and O–H groups in total. The summed E-state index contributed by atoms with van der Waals surface area (Å²) in [4.78, 5) is 22.4. The standard InChI is InChI=1S/C11H8O4/c1-6(12)9-5-11(14)15-10-4-7(13)2-3-8(9)10/h2-5,13H,1H3. The van der Waals surface area contributed by atoms with Crippen LogP contribution in [-0.4, -0.2) is 10.9 Å². The summed E-state index contributed by atoms with van der Waals surface area (Å²) in [7, 11) is 0.